The van der Waals surface area contributed by atoms with Crippen molar-refractivity contribution in [1.82, 2.24) is 0 Å². The molecule has 0 aliphatic heterocycles. The number of Topliss-reactive ketones (excluding diaryl/α,β-unsaturated/α-hetero) is 2. The number of nitrogens with one attached hydrogen (secondary N) is 4. The van der Waals surface area contributed by atoms with Gasteiger partial charge in [-0.2, -0.15) is 0 Å². The molecule has 0 unspecified atom stereocenters. The molecule has 0 saturated heterocycles. The molecule has 11 aromatic rings. The van der Waals surface area contributed by atoms with Gasteiger partial charge in [0.1, 0.15) is 51.7 Å². The van der Waals surface area contributed by atoms with Gasteiger partial charge in [-0.15, -0.1) is 0 Å². The Hall–Kier alpha value is -13.6. The monoisotopic (exact) mass is 1560 g/mol. The molecule has 117 heavy (non-hydrogen) atoms. The summed E-state index contributed by atoms with van der Waals surface area (Å²) in [6, 6.07) is 77.7. The molecule has 594 valence electrons. The van der Waals surface area contributed by atoms with E-state index in [2.05, 4.69) is 42.0 Å². The van der Waals surface area contributed by atoms with Crippen LogP contribution in [-0.2, 0) is 27.2 Å². The number of rotatable bonds is 26. The van der Waals surface area contributed by atoms with E-state index >= 15 is 0 Å². The van der Waals surface area contributed by atoms with Gasteiger partial charge in [0.05, 0.1) is 17.8 Å². The van der Waals surface area contributed by atoms with E-state index in [0.29, 0.717) is 97.8 Å². The molecule has 3 aliphatic carbocycles. The first-order valence-corrected chi connectivity index (χ1v) is 39.8. The number of carbonyl (C=O) groups is 9. The van der Waals surface area contributed by atoms with Crippen molar-refractivity contribution >= 4 is 75.9 Å². The fraction of sp³-hybridized carbons (Fsp3) is 0.235. The molecular formula is C98H92N4O15. The standard InChI is InChI=1S/C52H58N2O9.C46H34N2O6/c1-32-4-12-36(13-5-32)50(58)61-44-22-10-35(11-23-44)28-47(55)39-29-40(48(56)53-42-18-24-45(25-19-42)62-51(59)37-14-6-33(2)7-15-37)31-41(30-39)49(57)54-43-20-26-46(27-21-43)63-52(60)38-16-8-34(3)9-17-38;49-44(28-32-16-22-41(23-17-32)52-38-10-4-1-5-11-38)33-29-34(45(50)47-36-18-24-42(25-19-36)53-39-12-6-2-7-13-39)31-35(30-33)46(51)48-37-20-26-43(27-21-37)54-40-14-8-3-9-15-40/h10-11,18-27,29-34,36-38H,4-9,12-17,28H2,1-3H3,(H,53,56)(H,54,57);1-27,29-31H,28H2,(H,47,50)(H,48,51). The van der Waals surface area contributed by atoms with Gasteiger partial charge in [0.15, 0.2) is 11.6 Å². The summed E-state index contributed by atoms with van der Waals surface area (Å²) in [5.41, 5.74) is 4.09. The van der Waals surface area contributed by atoms with Gasteiger partial charge in [0.25, 0.3) is 23.6 Å². The summed E-state index contributed by atoms with van der Waals surface area (Å²) in [5, 5.41) is 11.4. The minimum absolute atomic E-state index is 0.0407. The quantitative estimate of drug-likeness (QED) is 0.0223. The molecule has 0 spiro atoms. The Morgan fingerprint density at radius 2 is 0.453 bits per heavy atom. The summed E-state index contributed by atoms with van der Waals surface area (Å²) in [6.45, 7) is 6.58. The Balaban J connectivity index is 0.000000205. The van der Waals surface area contributed by atoms with Gasteiger partial charge in [0, 0.05) is 69.0 Å². The molecule has 14 rings (SSSR count). The molecule has 0 radical (unpaired) electrons. The van der Waals surface area contributed by atoms with Crippen molar-refractivity contribution in [3.8, 4) is 51.7 Å². The number of esters is 3. The molecule has 11 aromatic carbocycles. The van der Waals surface area contributed by atoms with E-state index in [4.69, 9.17) is 28.4 Å². The maximum Gasteiger partial charge on any atom is 0.314 e. The van der Waals surface area contributed by atoms with Crippen LogP contribution in [0, 0.1) is 35.5 Å². The highest BCUT2D eigenvalue weighted by molar-refractivity contribution is 6.13. The number of carbonyl (C=O) groups excluding carboxylic acids is 9. The Kier molecular flexibility index (Phi) is 27.5. The van der Waals surface area contributed by atoms with Crippen LogP contribution in [0.2, 0.25) is 0 Å². The molecule has 4 amide bonds. The molecule has 0 aromatic heterocycles. The molecule has 0 bridgehead atoms. The summed E-state index contributed by atoms with van der Waals surface area (Å²) in [6.07, 6.45) is 10.9. The smallest absolute Gasteiger partial charge is 0.314 e. The lowest BCUT2D eigenvalue weighted by Gasteiger charge is -2.24. The molecule has 4 N–H and O–H groups in total. The van der Waals surface area contributed by atoms with Crippen molar-refractivity contribution in [3.63, 3.8) is 0 Å². The second-order valence-electron chi connectivity index (χ2n) is 30.4. The summed E-state index contributed by atoms with van der Waals surface area (Å²) in [7, 11) is 0. The van der Waals surface area contributed by atoms with Crippen LogP contribution in [-0.4, -0.2) is 53.1 Å². The molecule has 3 saturated carbocycles. The average molecular weight is 1570 g/mol. The van der Waals surface area contributed by atoms with Crippen molar-refractivity contribution < 1.29 is 71.6 Å². The van der Waals surface area contributed by atoms with Crippen molar-refractivity contribution in [2.24, 2.45) is 35.5 Å². The number of anilines is 4. The third-order valence-corrected chi connectivity index (χ3v) is 21.2. The molecular weight excluding hydrogens is 1470 g/mol. The first-order chi connectivity index (χ1) is 56.8. The molecule has 19 heteroatoms. The highest BCUT2D eigenvalue weighted by atomic mass is 16.5. The lowest BCUT2D eigenvalue weighted by Crippen LogP contribution is -2.25. The highest BCUT2D eigenvalue weighted by Crippen LogP contribution is 2.35. The Bertz CT molecular complexity index is 4720. The maximum absolute atomic E-state index is 13.9. The number of benzene rings is 11. The topological polar surface area (TPSA) is 257 Å². The fourth-order valence-electron chi connectivity index (χ4n) is 14.2. The van der Waals surface area contributed by atoms with Gasteiger partial charge in [-0.05, 0) is 300 Å². The molecule has 0 heterocycles. The predicted molar refractivity (Wildman–Crippen MR) is 449 cm³/mol. The Labute approximate surface area is 680 Å². The van der Waals surface area contributed by atoms with E-state index in [0.717, 1.165) is 82.6 Å². The zero-order valence-corrected chi connectivity index (χ0v) is 65.5. The second kappa shape index (κ2) is 39.5. The van der Waals surface area contributed by atoms with Gasteiger partial charge in [0.2, 0.25) is 0 Å². The van der Waals surface area contributed by atoms with Crippen LogP contribution >= 0.6 is 0 Å². The lowest BCUT2D eigenvalue weighted by molar-refractivity contribution is -0.141. The third-order valence-electron chi connectivity index (χ3n) is 21.2. The zero-order valence-electron chi connectivity index (χ0n) is 65.5. The van der Waals surface area contributed by atoms with Crippen LogP contribution in [0.4, 0.5) is 22.7 Å². The average Bonchev–Trinajstić information content (AvgIpc) is 0.814. The van der Waals surface area contributed by atoms with E-state index in [1.54, 1.807) is 133 Å². The van der Waals surface area contributed by atoms with Crippen LogP contribution in [0.3, 0.4) is 0 Å². The normalized spacial score (nSPS) is 16.8. The van der Waals surface area contributed by atoms with Crippen LogP contribution in [0.1, 0.15) is 171 Å². The summed E-state index contributed by atoms with van der Waals surface area (Å²) in [4.78, 5) is 121. The number of ether oxygens (including phenoxy) is 6. The number of para-hydroxylation sites is 3. The van der Waals surface area contributed by atoms with Crippen LogP contribution in [0.15, 0.2) is 273 Å². The summed E-state index contributed by atoms with van der Waals surface area (Å²) >= 11 is 0. The van der Waals surface area contributed by atoms with Crippen molar-refractivity contribution in [1.29, 1.82) is 0 Å². The number of hydrogen-bond acceptors (Lipinski definition) is 15. The first-order valence-electron chi connectivity index (χ1n) is 39.8. The fourth-order valence-corrected chi connectivity index (χ4v) is 14.2. The van der Waals surface area contributed by atoms with E-state index in [1.165, 1.54) is 36.4 Å². The van der Waals surface area contributed by atoms with Crippen molar-refractivity contribution in [3.05, 3.63) is 317 Å². The highest BCUT2D eigenvalue weighted by Gasteiger charge is 2.30. The van der Waals surface area contributed by atoms with Gasteiger partial charge < -0.3 is 49.7 Å². The largest absolute Gasteiger partial charge is 0.457 e. The van der Waals surface area contributed by atoms with Crippen LogP contribution in [0.25, 0.3) is 0 Å². The number of ketones is 2. The van der Waals surface area contributed by atoms with Gasteiger partial charge in [-0.1, -0.05) is 99.6 Å². The van der Waals surface area contributed by atoms with Crippen LogP contribution < -0.4 is 49.7 Å². The predicted octanol–water partition coefficient (Wildman–Crippen LogP) is 21.8. The van der Waals surface area contributed by atoms with Crippen molar-refractivity contribution in [2.45, 2.75) is 111 Å². The second-order valence-corrected chi connectivity index (χ2v) is 30.4. The van der Waals surface area contributed by atoms with E-state index in [-0.39, 0.29) is 93.5 Å². The number of amides is 4. The minimum atomic E-state index is -0.558. The lowest BCUT2D eigenvalue weighted by atomic mass is 9.83. The molecule has 3 fully saturated rings. The third kappa shape index (κ3) is 23.8. The minimum Gasteiger partial charge on any atom is -0.457 e. The Morgan fingerprint density at radius 1 is 0.248 bits per heavy atom. The van der Waals surface area contributed by atoms with Gasteiger partial charge in [-0.3, -0.25) is 43.2 Å². The summed E-state index contributed by atoms with van der Waals surface area (Å²) in [5.74, 6) is 3.12. The van der Waals surface area contributed by atoms with E-state index < -0.39 is 23.6 Å². The molecule has 19 nitrogen and oxygen atoms in total. The van der Waals surface area contributed by atoms with Crippen LogP contribution in [0.5, 0.6) is 51.7 Å². The van der Waals surface area contributed by atoms with Gasteiger partial charge in [-0.25, -0.2) is 0 Å². The van der Waals surface area contributed by atoms with Gasteiger partial charge >= 0.3 is 17.9 Å². The SMILES string of the molecule is CC1CCC(C(=O)Oc2ccc(CC(=O)c3cc(C(=O)Nc4ccc(OC(=O)C5CCC(C)CC5)cc4)cc(C(=O)Nc4ccc(OC(=O)C5CCC(C)CC5)cc4)c3)cc2)CC1.O=C(Cc1ccc(Oc2ccccc2)cc1)c1cc(C(=O)Nc2ccc(Oc3ccccc3)cc2)cc(C(=O)Nc2ccc(Oc3ccccc3)cc2)c1. The van der Waals surface area contributed by atoms with Crippen molar-refractivity contribution in [2.75, 3.05) is 21.3 Å². The molecule has 3 aliphatic rings. The first kappa shape index (κ1) is 81.5. The summed E-state index contributed by atoms with van der Waals surface area (Å²) < 4.78 is 34.6. The number of hydrogen-bond donors (Lipinski definition) is 4. The zero-order chi connectivity index (χ0) is 81.6. The van der Waals surface area contributed by atoms with E-state index in [1.807, 2.05) is 103 Å². The van der Waals surface area contributed by atoms with E-state index in [9.17, 15) is 43.2 Å². The molecule has 0 atom stereocenters. The Morgan fingerprint density at radius 3 is 0.701 bits per heavy atom. The maximum atomic E-state index is 13.9.